The van der Waals surface area contributed by atoms with Crippen molar-refractivity contribution in [3.05, 3.63) is 60.2 Å². The number of hydrogen-bond donors (Lipinski definition) is 2. The third kappa shape index (κ3) is 6.34. The molecule has 2 aromatic rings. The average molecular weight is 386 g/mol. The second kappa shape index (κ2) is 10.2. The molecule has 1 saturated heterocycles. The summed E-state index contributed by atoms with van der Waals surface area (Å²) < 4.78 is 17.5. The van der Waals surface area contributed by atoms with Crippen LogP contribution in [0.25, 0.3) is 0 Å². The maximum atomic E-state index is 10.9. The lowest BCUT2D eigenvalue weighted by atomic mass is 10.0. The summed E-state index contributed by atoms with van der Waals surface area (Å²) in [4.78, 5) is 10.9. The molecular weight excluding hydrogens is 360 g/mol. The van der Waals surface area contributed by atoms with Crippen LogP contribution in [0.15, 0.2) is 54.6 Å². The molecule has 1 aliphatic rings. The summed E-state index contributed by atoms with van der Waals surface area (Å²) in [6.45, 7) is 0.652. The second-order valence-electron chi connectivity index (χ2n) is 6.89. The van der Waals surface area contributed by atoms with Crippen LogP contribution < -0.4 is 4.74 Å². The molecule has 1 heterocycles. The Balaban J connectivity index is 1.69. The van der Waals surface area contributed by atoms with Crippen molar-refractivity contribution in [2.75, 3.05) is 6.61 Å². The molecule has 0 saturated carbocycles. The molecule has 0 radical (unpaired) electrons. The van der Waals surface area contributed by atoms with Gasteiger partial charge in [0, 0.05) is 13.0 Å². The van der Waals surface area contributed by atoms with Crippen molar-refractivity contribution >= 4 is 5.97 Å². The van der Waals surface area contributed by atoms with Gasteiger partial charge in [0.15, 0.2) is 6.29 Å². The zero-order valence-electron chi connectivity index (χ0n) is 15.7. The number of rotatable bonds is 9. The van der Waals surface area contributed by atoms with Crippen molar-refractivity contribution in [1.29, 1.82) is 0 Å². The van der Waals surface area contributed by atoms with E-state index in [-0.39, 0.29) is 19.1 Å². The first kappa shape index (κ1) is 20.3. The van der Waals surface area contributed by atoms with Gasteiger partial charge in [0.25, 0.3) is 0 Å². The van der Waals surface area contributed by atoms with Crippen molar-refractivity contribution in [3.8, 4) is 11.5 Å². The molecule has 1 aliphatic heterocycles. The van der Waals surface area contributed by atoms with Gasteiger partial charge in [0.1, 0.15) is 11.5 Å². The van der Waals surface area contributed by atoms with Gasteiger partial charge in [-0.2, -0.15) is 0 Å². The Kier molecular flexibility index (Phi) is 7.42. The fourth-order valence-corrected chi connectivity index (χ4v) is 3.18. The SMILES string of the molecule is O=C(O)C[C@@H](O)C[C@@H](OC1CCCCO1)c1ccc(Oc2ccccc2)cc1. The van der Waals surface area contributed by atoms with Crippen LogP contribution >= 0.6 is 0 Å². The number of para-hydroxylation sites is 1. The number of benzene rings is 2. The molecule has 6 nitrogen and oxygen atoms in total. The smallest absolute Gasteiger partial charge is 0.305 e. The predicted molar refractivity (Wildman–Crippen MR) is 103 cm³/mol. The van der Waals surface area contributed by atoms with E-state index >= 15 is 0 Å². The Bertz CT molecular complexity index is 724. The highest BCUT2D eigenvalue weighted by atomic mass is 16.7. The summed E-state index contributed by atoms with van der Waals surface area (Å²) in [5, 5.41) is 19.0. The highest BCUT2D eigenvalue weighted by Crippen LogP contribution is 2.30. The Morgan fingerprint density at radius 2 is 1.79 bits per heavy atom. The standard InChI is InChI=1S/C22H26O6/c23-17(15-21(24)25)14-20(28-22-8-4-5-13-26-22)16-9-11-19(12-10-16)27-18-6-2-1-3-7-18/h1-3,6-7,9-12,17,20,22-23H,4-5,8,13-15H2,(H,24,25)/t17-,20+,22?/m0/s1. The maximum Gasteiger partial charge on any atom is 0.305 e. The van der Waals surface area contributed by atoms with Crippen LogP contribution in [-0.4, -0.2) is 35.2 Å². The van der Waals surface area contributed by atoms with E-state index in [1.807, 2.05) is 54.6 Å². The largest absolute Gasteiger partial charge is 0.481 e. The molecule has 0 aromatic heterocycles. The van der Waals surface area contributed by atoms with Crippen LogP contribution in [0, 0.1) is 0 Å². The van der Waals surface area contributed by atoms with E-state index < -0.39 is 18.2 Å². The number of carboxylic acids is 1. The summed E-state index contributed by atoms with van der Waals surface area (Å²) in [6.07, 6.45) is 0.911. The molecule has 6 heteroatoms. The first-order valence-electron chi connectivity index (χ1n) is 9.60. The van der Waals surface area contributed by atoms with Crippen LogP contribution in [0.2, 0.25) is 0 Å². The van der Waals surface area contributed by atoms with E-state index in [0.717, 1.165) is 30.6 Å². The number of carbonyl (C=O) groups is 1. The molecular formula is C22H26O6. The molecule has 0 spiro atoms. The van der Waals surface area contributed by atoms with E-state index in [4.69, 9.17) is 19.3 Å². The van der Waals surface area contributed by atoms with Crippen LogP contribution in [0.4, 0.5) is 0 Å². The lowest BCUT2D eigenvalue weighted by molar-refractivity contribution is -0.195. The molecule has 0 bridgehead atoms. The topological polar surface area (TPSA) is 85.2 Å². The number of ether oxygens (including phenoxy) is 3. The van der Waals surface area contributed by atoms with Gasteiger partial charge in [-0.05, 0) is 49.1 Å². The monoisotopic (exact) mass is 386 g/mol. The van der Waals surface area contributed by atoms with Crippen molar-refractivity contribution in [1.82, 2.24) is 0 Å². The van der Waals surface area contributed by atoms with E-state index in [0.29, 0.717) is 12.4 Å². The zero-order valence-corrected chi connectivity index (χ0v) is 15.7. The number of aliphatic hydroxyl groups excluding tert-OH is 1. The quantitative estimate of drug-likeness (QED) is 0.669. The molecule has 150 valence electrons. The van der Waals surface area contributed by atoms with Crippen LogP contribution in [0.3, 0.4) is 0 Å². The summed E-state index contributed by atoms with van der Waals surface area (Å²) in [5.74, 6) is 0.399. The summed E-state index contributed by atoms with van der Waals surface area (Å²) in [7, 11) is 0. The zero-order chi connectivity index (χ0) is 19.8. The number of carboxylic acid groups (broad SMARTS) is 1. The third-order valence-electron chi connectivity index (χ3n) is 4.58. The minimum Gasteiger partial charge on any atom is -0.481 e. The van der Waals surface area contributed by atoms with Gasteiger partial charge in [0.05, 0.1) is 18.6 Å². The first-order valence-corrected chi connectivity index (χ1v) is 9.60. The lowest BCUT2D eigenvalue weighted by Gasteiger charge is -2.29. The van der Waals surface area contributed by atoms with Gasteiger partial charge >= 0.3 is 5.97 Å². The highest BCUT2D eigenvalue weighted by molar-refractivity contribution is 5.67. The summed E-state index contributed by atoms with van der Waals surface area (Å²) in [6, 6.07) is 16.9. The number of aliphatic carboxylic acids is 1. The fraction of sp³-hybridized carbons (Fsp3) is 0.409. The lowest BCUT2D eigenvalue weighted by Crippen LogP contribution is -2.27. The summed E-state index contributed by atoms with van der Waals surface area (Å²) >= 11 is 0. The average Bonchev–Trinajstić information content (AvgIpc) is 2.69. The van der Waals surface area contributed by atoms with Crippen molar-refractivity contribution < 1.29 is 29.2 Å². The van der Waals surface area contributed by atoms with Crippen LogP contribution in [-0.2, 0) is 14.3 Å². The molecule has 1 unspecified atom stereocenters. The minimum absolute atomic E-state index is 0.186. The fourth-order valence-electron chi connectivity index (χ4n) is 3.18. The Hall–Kier alpha value is -2.41. The van der Waals surface area contributed by atoms with E-state index in [2.05, 4.69) is 0 Å². The highest BCUT2D eigenvalue weighted by Gasteiger charge is 2.24. The molecule has 3 atom stereocenters. The maximum absolute atomic E-state index is 10.9. The van der Waals surface area contributed by atoms with E-state index in [1.165, 1.54) is 0 Å². The molecule has 0 amide bonds. The van der Waals surface area contributed by atoms with Gasteiger partial charge in [-0.3, -0.25) is 4.79 Å². The molecule has 2 N–H and O–H groups in total. The predicted octanol–water partition coefficient (Wildman–Crippen LogP) is 4.29. The van der Waals surface area contributed by atoms with Crippen molar-refractivity contribution in [2.45, 2.75) is 50.6 Å². The third-order valence-corrected chi connectivity index (χ3v) is 4.58. The van der Waals surface area contributed by atoms with Crippen molar-refractivity contribution in [3.63, 3.8) is 0 Å². The van der Waals surface area contributed by atoms with Gasteiger partial charge in [-0.15, -0.1) is 0 Å². The Morgan fingerprint density at radius 1 is 1.07 bits per heavy atom. The molecule has 1 fully saturated rings. The molecule has 28 heavy (non-hydrogen) atoms. The van der Waals surface area contributed by atoms with Gasteiger partial charge in [0.2, 0.25) is 0 Å². The number of aliphatic hydroxyl groups is 1. The molecule has 3 rings (SSSR count). The van der Waals surface area contributed by atoms with Crippen molar-refractivity contribution in [2.24, 2.45) is 0 Å². The molecule has 0 aliphatic carbocycles. The van der Waals surface area contributed by atoms with Crippen LogP contribution in [0.5, 0.6) is 11.5 Å². The van der Waals surface area contributed by atoms with Gasteiger partial charge in [-0.1, -0.05) is 30.3 Å². The normalized spacial score (nSPS) is 19.0. The second-order valence-corrected chi connectivity index (χ2v) is 6.89. The van der Waals surface area contributed by atoms with E-state index in [9.17, 15) is 9.90 Å². The van der Waals surface area contributed by atoms with Crippen LogP contribution in [0.1, 0.15) is 43.8 Å². The van der Waals surface area contributed by atoms with Gasteiger partial charge < -0.3 is 24.4 Å². The number of hydrogen-bond acceptors (Lipinski definition) is 5. The summed E-state index contributed by atoms with van der Waals surface area (Å²) in [5.41, 5.74) is 0.846. The Labute approximate surface area is 164 Å². The minimum atomic E-state index is -1.04. The van der Waals surface area contributed by atoms with Gasteiger partial charge in [-0.25, -0.2) is 0 Å². The van der Waals surface area contributed by atoms with E-state index in [1.54, 1.807) is 0 Å². The molecule has 2 aromatic carbocycles. The Morgan fingerprint density at radius 3 is 2.43 bits per heavy atom. The first-order chi connectivity index (χ1) is 13.6.